The van der Waals surface area contributed by atoms with Gasteiger partial charge in [-0.2, -0.15) is 0 Å². The second kappa shape index (κ2) is 9.42. The third kappa shape index (κ3) is 5.35. The molecule has 0 aliphatic rings. The number of rotatable bonds is 10. The molecule has 2 aromatic rings. The van der Waals surface area contributed by atoms with E-state index in [9.17, 15) is 8.42 Å². The Labute approximate surface area is 153 Å². The third-order valence-corrected chi connectivity index (χ3v) is 5.05. The lowest BCUT2D eigenvalue weighted by Crippen LogP contribution is -2.23. The molecule has 0 aliphatic heterocycles. The minimum Gasteiger partial charge on any atom is -0.497 e. The molecule has 0 radical (unpaired) electrons. The van der Waals surface area contributed by atoms with Crippen LogP contribution in [0.1, 0.15) is 5.56 Å². The molecule has 0 aliphatic carbocycles. The Kier molecular flexibility index (Phi) is 7.26. The molecular formula is C18H23NO6S. The van der Waals surface area contributed by atoms with Crippen molar-refractivity contribution >= 4 is 10.0 Å². The van der Waals surface area contributed by atoms with Crippen molar-refractivity contribution in [2.45, 2.75) is 11.4 Å². The first-order valence-corrected chi connectivity index (χ1v) is 9.41. The summed E-state index contributed by atoms with van der Waals surface area (Å²) in [4.78, 5) is 0.151. The van der Waals surface area contributed by atoms with Gasteiger partial charge in [-0.15, -0.1) is 0 Å². The highest BCUT2D eigenvalue weighted by Crippen LogP contribution is 2.24. The average molecular weight is 381 g/mol. The number of hydrogen-bond acceptors (Lipinski definition) is 6. The van der Waals surface area contributed by atoms with Crippen molar-refractivity contribution in [3.05, 3.63) is 48.0 Å². The van der Waals surface area contributed by atoms with E-state index in [1.165, 1.54) is 19.2 Å². The number of hydrogen-bond donors (Lipinski definition) is 1. The van der Waals surface area contributed by atoms with Crippen LogP contribution in [-0.4, -0.2) is 43.0 Å². The van der Waals surface area contributed by atoms with E-state index in [0.717, 1.165) is 0 Å². The van der Waals surface area contributed by atoms with E-state index in [2.05, 4.69) is 4.72 Å². The van der Waals surface area contributed by atoms with Gasteiger partial charge in [0.25, 0.3) is 0 Å². The Hall–Kier alpha value is -2.29. The Morgan fingerprint density at radius 3 is 2.19 bits per heavy atom. The molecule has 0 saturated carbocycles. The van der Waals surface area contributed by atoms with E-state index in [4.69, 9.17) is 18.9 Å². The van der Waals surface area contributed by atoms with Gasteiger partial charge in [-0.3, -0.25) is 0 Å². The molecule has 7 nitrogen and oxygen atoms in total. The van der Waals surface area contributed by atoms with Gasteiger partial charge in [0, 0.05) is 19.2 Å². The maximum Gasteiger partial charge on any atom is 0.240 e. The minimum atomic E-state index is -3.67. The second-order valence-electron chi connectivity index (χ2n) is 5.31. The maximum absolute atomic E-state index is 12.5. The summed E-state index contributed by atoms with van der Waals surface area (Å²) in [5.41, 5.74) is 0.676. The van der Waals surface area contributed by atoms with Gasteiger partial charge in [-0.25, -0.2) is 13.1 Å². The van der Waals surface area contributed by atoms with Crippen molar-refractivity contribution in [3.63, 3.8) is 0 Å². The lowest BCUT2D eigenvalue weighted by atomic mass is 10.2. The van der Waals surface area contributed by atoms with Gasteiger partial charge in [0.15, 0.2) is 0 Å². The van der Waals surface area contributed by atoms with Gasteiger partial charge >= 0.3 is 0 Å². The lowest BCUT2D eigenvalue weighted by molar-refractivity contribution is 0.146. The fourth-order valence-corrected chi connectivity index (χ4v) is 3.24. The van der Waals surface area contributed by atoms with Gasteiger partial charge in [0.05, 0.1) is 25.7 Å². The quantitative estimate of drug-likeness (QED) is 0.636. The van der Waals surface area contributed by atoms with Crippen LogP contribution in [0.2, 0.25) is 0 Å². The largest absolute Gasteiger partial charge is 0.497 e. The summed E-state index contributed by atoms with van der Waals surface area (Å²) in [5.74, 6) is 1.78. The summed E-state index contributed by atoms with van der Waals surface area (Å²) in [7, 11) is 0.991. The fourth-order valence-electron chi connectivity index (χ4n) is 2.23. The number of sulfonamides is 1. The molecule has 0 fully saturated rings. The molecule has 0 heterocycles. The van der Waals surface area contributed by atoms with Crippen molar-refractivity contribution in [3.8, 4) is 17.2 Å². The Morgan fingerprint density at radius 1 is 0.885 bits per heavy atom. The van der Waals surface area contributed by atoms with E-state index in [0.29, 0.717) is 36.0 Å². The highest BCUT2D eigenvalue weighted by atomic mass is 32.2. The van der Waals surface area contributed by atoms with Crippen molar-refractivity contribution < 1.29 is 27.4 Å². The van der Waals surface area contributed by atoms with E-state index in [1.54, 1.807) is 44.6 Å². The molecule has 0 atom stereocenters. The molecule has 0 bridgehead atoms. The van der Waals surface area contributed by atoms with Crippen LogP contribution >= 0.6 is 0 Å². The Balaban J connectivity index is 2.07. The molecule has 0 saturated heterocycles. The summed E-state index contributed by atoms with van der Waals surface area (Å²) in [6.07, 6.45) is 0. The topological polar surface area (TPSA) is 83.1 Å². The predicted molar refractivity (Wildman–Crippen MR) is 97.4 cm³/mol. The lowest BCUT2D eigenvalue weighted by Gasteiger charge is -2.12. The molecule has 1 N–H and O–H groups in total. The van der Waals surface area contributed by atoms with Crippen LogP contribution in [0.5, 0.6) is 17.2 Å². The highest BCUT2D eigenvalue weighted by molar-refractivity contribution is 7.89. The van der Waals surface area contributed by atoms with E-state index in [-0.39, 0.29) is 11.4 Å². The van der Waals surface area contributed by atoms with Gasteiger partial charge in [0.1, 0.15) is 23.9 Å². The molecule has 8 heteroatoms. The first-order valence-electron chi connectivity index (χ1n) is 7.92. The number of nitrogens with one attached hydrogen (secondary N) is 1. The first kappa shape index (κ1) is 20.0. The normalized spacial score (nSPS) is 11.2. The zero-order valence-electron chi connectivity index (χ0n) is 15.0. The monoisotopic (exact) mass is 381 g/mol. The SMILES string of the molecule is COCCOc1ccc(S(=O)(=O)NCc2cc(OC)ccc2OC)cc1. The number of benzene rings is 2. The van der Waals surface area contributed by atoms with E-state index < -0.39 is 10.0 Å². The number of ether oxygens (including phenoxy) is 4. The van der Waals surface area contributed by atoms with Crippen LogP contribution in [0, 0.1) is 0 Å². The van der Waals surface area contributed by atoms with Crippen LogP contribution in [-0.2, 0) is 21.3 Å². The fraction of sp³-hybridized carbons (Fsp3) is 0.333. The maximum atomic E-state index is 12.5. The van der Waals surface area contributed by atoms with Crippen LogP contribution in [0.15, 0.2) is 47.4 Å². The molecule has 2 rings (SSSR count). The van der Waals surface area contributed by atoms with E-state index in [1.807, 2.05) is 0 Å². The second-order valence-corrected chi connectivity index (χ2v) is 7.08. The summed E-state index contributed by atoms with van der Waals surface area (Å²) in [6, 6.07) is 11.4. The van der Waals surface area contributed by atoms with Crippen LogP contribution in [0.25, 0.3) is 0 Å². The molecular weight excluding hydrogens is 358 g/mol. The Bertz CT molecular complexity index is 805. The summed E-state index contributed by atoms with van der Waals surface area (Å²) in [6.45, 7) is 0.940. The van der Waals surface area contributed by atoms with Gasteiger partial charge in [0.2, 0.25) is 10.0 Å². The van der Waals surface area contributed by atoms with Crippen molar-refractivity contribution in [1.29, 1.82) is 0 Å². The molecule has 2 aromatic carbocycles. The van der Waals surface area contributed by atoms with Crippen LogP contribution < -0.4 is 18.9 Å². The van der Waals surface area contributed by atoms with Crippen LogP contribution in [0.4, 0.5) is 0 Å². The smallest absolute Gasteiger partial charge is 0.240 e. The van der Waals surface area contributed by atoms with Gasteiger partial charge in [-0.1, -0.05) is 0 Å². The molecule has 142 valence electrons. The van der Waals surface area contributed by atoms with Crippen LogP contribution in [0.3, 0.4) is 0 Å². The Morgan fingerprint density at radius 2 is 1.58 bits per heavy atom. The summed E-state index contributed by atoms with van der Waals surface area (Å²) >= 11 is 0. The molecule has 0 aromatic heterocycles. The zero-order valence-corrected chi connectivity index (χ0v) is 15.8. The highest BCUT2D eigenvalue weighted by Gasteiger charge is 2.15. The van der Waals surface area contributed by atoms with E-state index >= 15 is 0 Å². The molecule has 0 amide bonds. The third-order valence-electron chi connectivity index (χ3n) is 3.63. The standard InChI is InChI=1S/C18H23NO6S/c1-22-10-11-25-15-4-7-17(8-5-15)26(20,21)19-13-14-12-16(23-2)6-9-18(14)24-3/h4-9,12,19H,10-11,13H2,1-3H3. The molecule has 26 heavy (non-hydrogen) atoms. The predicted octanol–water partition coefficient (Wildman–Crippen LogP) is 2.21. The van der Waals surface area contributed by atoms with Gasteiger partial charge < -0.3 is 18.9 Å². The first-order chi connectivity index (χ1) is 12.5. The average Bonchev–Trinajstić information content (AvgIpc) is 2.66. The molecule has 0 unspecified atom stereocenters. The summed E-state index contributed by atoms with van der Waals surface area (Å²) in [5, 5.41) is 0. The summed E-state index contributed by atoms with van der Waals surface area (Å²) < 4.78 is 48.3. The van der Waals surface area contributed by atoms with Crippen molar-refractivity contribution in [2.24, 2.45) is 0 Å². The van der Waals surface area contributed by atoms with Crippen molar-refractivity contribution in [1.82, 2.24) is 4.72 Å². The minimum absolute atomic E-state index is 0.0782. The van der Waals surface area contributed by atoms with Gasteiger partial charge in [-0.05, 0) is 42.5 Å². The molecule has 0 spiro atoms. The number of methoxy groups -OCH3 is 3. The zero-order chi connectivity index (χ0) is 19.0. The van der Waals surface area contributed by atoms with Crippen molar-refractivity contribution in [2.75, 3.05) is 34.5 Å².